The third kappa shape index (κ3) is 3.51. The molecule has 3 nitrogen and oxygen atoms in total. The van der Waals surface area contributed by atoms with E-state index in [1.807, 2.05) is 30.5 Å². The minimum Gasteiger partial charge on any atom is -0.414 e. The van der Waals surface area contributed by atoms with Gasteiger partial charge in [-0.3, -0.25) is 4.98 Å². The zero-order chi connectivity index (χ0) is 15.7. The maximum absolute atomic E-state index is 10.5. The number of aliphatic hydroxyl groups excluding tert-OH is 1. The van der Waals surface area contributed by atoms with E-state index in [0.717, 1.165) is 16.3 Å². The lowest BCUT2D eigenvalue weighted by Gasteiger charge is -2.36. The first-order chi connectivity index (χ1) is 9.72. The van der Waals surface area contributed by atoms with Crippen LogP contribution in [0.25, 0.3) is 10.8 Å². The Morgan fingerprint density at radius 2 is 1.86 bits per heavy atom. The molecule has 4 heteroatoms. The monoisotopic (exact) mass is 303 g/mol. The fourth-order valence-electron chi connectivity index (χ4n) is 2.00. The van der Waals surface area contributed by atoms with Crippen molar-refractivity contribution in [3.63, 3.8) is 0 Å². The van der Waals surface area contributed by atoms with Crippen LogP contribution in [0, 0.1) is 0 Å². The standard InChI is InChI=1S/C17H25NO2Si/c1-17(2,3)21(4,5)20-12-16(19)15-11-18-10-13-8-6-7-9-14(13)15/h6-11,16,19H,12H2,1-5H3. The predicted octanol–water partition coefficient (Wildman–Crippen LogP) is 4.29. The third-order valence-electron chi connectivity index (χ3n) is 4.47. The van der Waals surface area contributed by atoms with E-state index in [1.54, 1.807) is 6.20 Å². The molecule has 0 aliphatic heterocycles. The summed E-state index contributed by atoms with van der Waals surface area (Å²) in [6, 6.07) is 7.98. The number of aromatic nitrogens is 1. The smallest absolute Gasteiger partial charge is 0.192 e. The number of nitrogens with zero attached hydrogens (tertiary/aromatic N) is 1. The molecule has 1 aromatic heterocycles. The van der Waals surface area contributed by atoms with E-state index in [9.17, 15) is 5.11 Å². The lowest BCUT2D eigenvalue weighted by atomic mass is 10.0. The normalized spacial score (nSPS) is 14.4. The summed E-state index contributed by atoms with van der Waals surface area (Å²) >= 11 is 0. The Hall–Kier alpha value is -1.23. The SMILES string of the molecule is CC(C)(C)[Si](C)(C)OCC(O)c1cncc2ccccc12. The van der Waals surface area contributed by atoms with Gasteiger partial charge in [0.2, 0.25) is 0 Å². The van der Waals surface area contributed by atoms with Crippen LogP contribution in [0.4, 0.5) is 0 Å². The Bertz CT molecular complexity index is 614. The lowest BCUT2D eigenvalue weighted by molar-refractivity contribution is 0.101. The van der Waals surface area contributed by atoms with Gasteiger partial charge in [-0.1, -0.05) is 45.0 Å². The van der Waals surface area contributed by atoms with Gasteiger partial charge in [0.15, 0.2) is 8.32 Å². The van der Waals surface area contributed by atoms with Crippen molar-refractivity contribution >= 4 is 19.1 Å². The minimum atomic E-state index is -1.85. The first-order valence-electron chi connectivity index (χ1n) is 7.37. The summed E-state index contributed by atoms with van der Waals surface area (Å²) in [5.41, 5.74) is 0.840. The second-order valence-corrected chi connectivity index (χ2v) is 11.8. The van der Waals surface area contributed by atoms with Gasteiger partial charge < -0.3 is 9.53 Å². The molecule has 1 atom stereocenters. The average Bonchev–Trinajstić information content (AvgIpc) is 2.43. The van der Waals surface area contributed by atoms with Crippen molar-refractivity contribution in [2.45, 2.75) is 45.0 Å². The number of rotatable bonds is 4. The molecule has 114 valence electrons. The van der Waals surface area contributed by atoms with Crippen molar-refractivity contribution in [2.24, 2.45) is 0 Å². The summed E-state index contributed by atoms with van der Waals surface area (Å²) in [5.74, 6) is 0. The van der Waals surface area contributed by atoms with E-state index in [0.29, 0.717) is 6.61 Å². The number of pyridine rings is 1. The van der Waals surface area contributed by atoms with Crippen molar-refractivity contribution in [1.29, 1.82) is 0 Å². The van der Waals surface area contributed by atoms with Gasteiger partial charge >= 0.3 is 0 Å². The summed E-state index contributed by atoms with van der Waals surface area (Å²) in [7, 11) is -1.85. The van der Waals surface area contributed by atoms with Gasteiger partial charge in [-0.2, -0.15) is 0 Å². The van der Waals surface area contributed by atoms with E-state index in [-0.39, 0.29) is 5.04 Å². The number of fused-ring (bicyclic) bond motifs is 1. The quantitative estimate of drug-likeness (QED) is 0.857. The lowest BCUT2D eigenvalue weighted by Crippen LogP contribution is -2.41. The number of aliphatic hydroxyl groups is 1. The molecule has 0 aliphatic carbocycles. The Balaban J connectivity index is 2.18. The molecule has 0 aliphatic rings. The molecule has 1 unspecified atom stereocenters. The zero-order valence-electron chi connectivity index (χ0n) is 13.6. The summed E-state index contributed by atoms with van der Waals surface area (Å²) in [4.78, 5) is 4.22. The summed E-state index contributed by atoms with van der Waals surface area (Å²) < 4.78 is 6.12. The first kappa shape index (κ1) is 16.1. The van der Waals surface area contributed by atoms with E-state index in [4.69, 9.17) is 4.43 Å². The Morgan fingerprint density at radius 3 is 2.52 bits per heavy atom. The first-order valence-corrected chi connectivity index (χ1v) is 10.3. The van der Waals surface area contributed by atoms with Crippen LogP contribution < -0.4 is 0 Å². The maximum atomic E-state index is 10.5. The van der Waals surface area contributed by atoms with Crippen molar-refractivity contribution in [1.82, 2.24) is 4.98 Å². The van der Waals surface area contributed by atoms with E-state index in [2.05, 4.69) is 38.8 Å². The highest BCUT2D eigenvalue weighted by molar-refractivity contribution is 6.74. The highest BCUT2D eigenvalue weighted by Gasteiger charge is 2.37. The van der Waals surface area contributed by atoms with Crippen LogP contribution in [0.3, 0.4) is 0 Å². The van der Waals surface area contributed by atoms with Gasteiger partial charge in [0.1, 0.15) is 6.10 Å². The maximum Gasteiger partial charge on any atom is 0.192 e. The molecule has 1 heterocycles. The van der Waals surface area contributed by atoms with Crippen molar-refractivity contribution < 1.29 is 9.53 Å². The highest BCUT2D eigenvalue weighted by atomic mass is 28.4. The fraction of sp³-hybridized carbons (Fsp3) is 0.471. The average molecular weight is 303 g/mol. The molecule has 0 amide bonds. The number of hydrogen-bond acceptors (Lipinski definition) is 3. The number of hydrogen-bond donors (Lipinski definition) is 1. The molecular formula is C17H25NO2Si. The molecule has 0 fully saturated rings. The molecule has 0 bridgehead atoms. The topological polar surface area (TPSA) is 42.4 Å². The molecule has 0 spiro atoms. The van der Waals surface area contributed by atoms with Crippen LogP contribution in [0.2, 0.25) is 18.1 Å². The predicted molar refractivity (Wildman–Crippen MR) is 89.9 cm³/mol. The Kier molecular flexibility index (Phi) is 4.51. The van der Waals surface area contributed by atoms with E-state index < -0.39 is 14.4 Å². The van der Waals surface area contributed by atoms with Crippen LogP contribution in [0.1, 0.15) is 32.4 Å². The van der Waals surface area contributed by atoms with Gasteiger partial charge in [-0.25, -0.2) is 0 Å². The van der Waals surface area contributed by atoms with Crippen molar-refractivity contribution in [2.75, 3.05) is 6.61 Å². The summed E-state index contributed by atoms with van der Waals surface area (Å²) in [5, 5.41) is 12.7. The fourth-order valence-corrected chi connectivity index (χ4v) is 3.01. The minimum absolute atomic E-state index is 0.143. The van der Waals surface area contributed by atoms with Crippen LogP contribution in [0.5, 0.6) is 0 Å². The molecule has 0 saturated heterocycles. The largest absolute Gasteiger partial charge is 0.414 e. The van der Waals surface area contributed by atoms with Gasteiger partial charge in [-0.15, -0.1) is 0 Å². The Labute approximate surface area is 128 Å². The van der Waals surface area contributed by atoms with Gasteiger partial charge in [0, 0.05) is 23.3 Å². The summed E-state index contributed by atoms with van der Waals surface area (Å²) in [6.45, 7) is 11.3. The molecule has 2 rings (SSSR count). The van der Waals surface area contributed by atoms with Crippen LogP contribution >= 0.6 is 0 Å². The third-order valence-corrected chi connectivity index (χ3v) is 8.97. The van der Waals surface area contributed by atoms with Crippen LogP contribution in [0.15, 0.2) is 36.7 Å². The van der Waals surface area contributed by atoms with E-state index in [1.165, 1.54) is 0 Å². The van der Waals surface area contributed by atoms with Gasteiger partial charge in [-0.05, 0) is 23.5 Å². The van der Waals surface area contributed by atoms with Crippen LogP contribution in [-0.4, -0.2) is 25.0 Å². The Morgan fingerprint density at radius 1 is 1.19 bits per heavy atom. The second-order valence-electron chi connectivity index (χ2n) is 7.04. The van der Waals surface area contributed by atoms with Crippen molar-refractivity contribution in [3.05, 3.63) is 42.2 Å². The second kappa shape index (κ2) is 5.87. The molecule has 0 radical (unpaired) electrons. The van der Waals surface area contributed by atoms with Gasteiger partial charge in [0.05, 0.1) is 6.61 Å². The molecule has 1 aromatic carbocycles. The number of benzene rings is 1. The molecule has 1 N–H and O–H groups in total. The van der Waals surface area contributed by atoms with Crippen molar-refractivity contribution in [3.8, 4) is 0 Å². The van der Waals surface area contributed by atoms with Crippen LogP contribution in [-0.2, 0) is 4.43 Å². The molecular weight excluding hydrogens is 278 g/mol. The zero-order valence-corrected chi connectivity index (χ0v) is 14.6. The summed E-state index contributed by atoms with van der Waals surface area (Å²) in [6.07, 6.45) is 2.92. The molecule has 2 aromatic rings. The van der Waals surface area contributed by atoms with Gasteiger partial charge in [0.25, 0.3) is 0 Å². The van der Waals surface area contributed by atoms with E-state index >= 15 is 0 Å². The highest BCUT2D eigenvalue weighted by Crippen LogP contribution is 2.37. The molecule has 0 saturated carbocycles. The molecule has 21 heavy (non-hydrogen) atoms.